The minimum absolute atomic E-state index is 0.0166. The summed E-state index contributed by atoms with van der Waals surface area (Å²) in [6, 6.07) is 20.2. The molecule has 2 heterocycles. The van der Waals surface area contributed by atoms with E-state index in [1.165, 1.54) is 24.3 Å². The Hall–Kier alpha value is -4.69. The molecule has 0 saturated heterocycles. The lowest BCUT2D eigenvalue weighted by molar-refractivity contribution is -0.122. The number of benzene rings is 3. The lowest BCUT2D eigenvalue weighted by Crippen LogP contribution is -2.45. The zero-order valence-electron chi connectivity index (χ0n) is 22.9. The number of rotatable bonds is 11. The Balaban J connectivity index is 1.41. The zero-order chi connectivity index (χ0) is 30.6. The number of aromatic nitrogens is 2. The van der Waals surface area contributed by atoms with E-state index in [0.717, 1.165) is 0 Å². The summed E-state index contributed by atoms with van der Waals surface area (Å²) < 4.78 is 58.8. The second-order valence-electron chi connectivity index (χ2n) is 9.64. The minimum atomic E-state index is -3.92. The highest BCUT2D eigenvalue weighted by Gasteiger charge is 2.34. The average Bonchev–Trinajstić information content (AvgIpc) is 3.61. The monoisotopic (exact) mass is 621 g/mol. The van der Waals surface area contributed by atoms with Gasteiger partial charge in [0.05, 0.1) is 21.6 Å². The van der Waals surface area contributed by atoms with Gasteiger partial charge in [0.1, 0.15) is 11.9 Å². The third-order valence-corrected chi connectivity index (χ3v) is 9.88. The summed E-state index contributed by atoms with van der Waals surface area (Å²) in [6.45, 7) is 1.67. The number of amides is 1. The van der Waals surface area contributed by atoms with Crippen molar-refractivity contribution in [3.8, 4) is 11.4 Å². The van der Waals surface area contributed by atoms with Crippen LogP contribution in [0, 0.1) is 0 Å². The molecule has 12 nitrogen and oxygen atoms in total. The van der Waals surface area contributed by atoms with Crippen molar-refractivity contribution in [3.05, 3.63) is 96.4 Å². The summed E-state index contributed by atoms with van der Waals surface area (Å²) >= 11 is 0. The molecule has 0 spiro atoms. The number of nitrogens with one attached hydrogen (secondary N) is 2. The number of fused-ring (bicyclic) bond motifs is 1. The number of hydrogen-bond acceptors (Lipinski definition) is 10. The fourth-order valence-corrected chi connectivity index (χ4v) is 7.03. The molecule has 3 aromatic carbocycles. The Morgan fingerprint density at radius 1 is 0.977 bits per heavy atom. The van der Waals surface area contributed by atoms with Gasteiger partial charge in [-0.2, -0.15) is 4.98 Å². The lowest BCUT2D eigenvalue weighted by atomic mass is 10.1. The fraction of sp³-hybridized carbons (Fsp3) is 0.207. The van der Waals surface area contributed by atoms with E-state index in [0.29, 0.717) is 5.56 Å². The van der Waals surface area contributed by atoms with E-state index in [4.69, 9.17) is 4.52 Å². The number of carbonyl (C=O) groups is 2. The van der Waals surface area contributed by atoms with Crippen LogP contribution < -0.4 is 10.0 Å². The Morgan fingerprint density at radius 3 is 2.33 bits per heavy atom. The largest absolute Gasteiger partial charge is 0.344 e. The Labute approximate surface area is 248 Å². The number of aliphatic imine (C=N–C) groups is 1. The first kappa shape index (κ1) is 29.8. The van der Waals surface area contributed by atoms with Crippen LogP contribution in [-0.4, -0.2) is 62.3 Å². The summed E-state index contributed by atoms with van der Waals surface area (Å²) in [5.41, 5.74) is 0.880. The lowest BCUT2D eigenvalue weighted by Gasteiger charge is -2.18. The smallest absolute Gasteiger partial charge is 0.296 e. The SMILES string of the molecule is CC[C@H](NC(=O)[C@H](CCS(=O)(=O)c1ccccc1)N=C1NS(=O)(=O)c2ccccc21)C(=O)c1nc(-c2ccccc2)no1. The van der Waals surface area contributed by atoms with Crippen molar-refractivity contribution in [3.63, 3.8) is 0 Å². The Bertz CT molecular complexity index is 1890. The molecule has 0 fully saturated rings. The molecule has 0 saturated carbocycles. The van der Waals surface area contributed by atoms with Crippen molar-refractivity contribution in [2.45, 2.75) is 41.6 Å². The fourth-order valence-electron chi connectivity index (χ4n) is 4.45. The van der Waals surface area contributed by atoms with Crippen LogP contribution >= 0.6 is 0 Å². The van der Waals surface area contributed by atoms with E-state index in [1.807, 2.05) is 6.07 Å². The van der Waals surface area contributed by atoms with Crippen LogP contribution in [0.3, 0.4) is 0 Å². The van der Waals surface area contributed by atoms with E-state index in [9.17, 15) is 26.4 Å². The summed E-state index contributed by atoms with van der Waals surface area (Å²) in [4.78, 5) is 35.4. The molecule has 5 rings (SSSR count). The van der Waals surface area contributed by atoms with Crippen LogP contribution in [0.25, 0.3) is 11.4 Å². The highest BCUT2D eigenvalue weighted by molar-refractivity contribution is 7.91. The van der Waals surface area contributed by atoms with Gasteiger partial charge in [0, 0.05) is 11.1 Å². The summed E-state index contributed by atoms with van der Waals surface area (Å²) in [5.74, 6) is -2.08. The number of ketones is 1. The molecule has 2 atom stereocenters. The number of sulfone groups is 1. The van der Waals surface area contributed by atoms with E-state index >= 15 is 0 Å². The van der Waals surface area contributed by atoms with Crippen molar-refractivity contribution in [1.82, 2.24) is 20.2 Å². The second-order valence-corrected chi connectivity index (χ2v) is 13.4. The van der Waals surface area contributed by atoms with Crippen molar-refractivity contribution in [1.29, 1.82) is 0 Å². The second kappa shape index (κ2) is 12.3. The van der Waals surface area contributed by atoms with Crippen molar-refractivity contribution < 1.29 is 30.9 Å². The normalized spacial score (nSPS) is 16.2. The summed E-state index contributed by atoms with van der Waals surface area (Å²) in [6.07, 6.45) is -0.144. The van der Waals surface area contributed by atoms with Gasteiger partial charge < -0.3 is 9.84 Å². The first-order valence-electron chi connectivity index (χ1n) is 13.3. The topological polar surface area (TPSA) is 178 Å². The van der Waals surface area contributed by atoms with Crippen molar-refractivity contribution >= 4 is 37.4 Å². The molecule has 222 valence electrons. The number of amidine groups is 1. The maximum atomic E-state index is 13.6. The Kier molecular flexibility index (Phi) is 8.50. The van der Waals surface area contributed by atoms with Gasteiger partial charge in [-0.3, -0.25) is 19.3 Å². The van der Waals surface area contributed by atoms with Gasteiger partial charge in [-0.1, -0.05) is 72.7 Å². The van der Waals surface area contributed by atoms with E-state index in [2.05, 4.69) is 25.2 Å². The first-order valence-corrected chi connectivity index (χ1v) is 16.4. The van der Waals surface area contributed by atoms with Crippen LogP contribution in [0.4, 0.5) is 0 Å². The highest BCUT2D eigenvalue weighted by Crippen LogP contribution is 2.24. The molecule has 0 radical (unpaired) electrons. The molecule has 1 amide bonds. The van der Waals surface area contributed by atoms with Crippen molar-refractivity contribution in [2.75, 3.05) is 5.75 Å². The minimum Gasteiger partial charge on any atom is -0.344 e. The molecular formula is C29H27N5O7S2. The molecule has 0 aliphatic carbocycles. The number of hydrogen-bond donors (Lipinski definition) is 2. The molecule has 1 aliphatic rings. The van der Waals surface area contributed by atoms with Crippen LogP contribution in [0.15, 0.2) is 104 Å². The number of sulfonamides is 1. The predicted octanol–water partition coefficient (Wildman–Crippen LogP) is 2.79. The van der Waals surface area contributed by atoms with E-state index in [1.54, 1.807) is 61.5 Å². The van der Waals surface area contributed by atoms with Gasteiger partial charge in [0.15, 0.2) is 9.84 Å². The molecule has 2 N–H and O–H groups in total. The third kappa shape index (κ3) is 6.54. The van der Waals surface area contributed by atoms with Crippen molar-refractivity contribution in [2.24, 2.45) is 4.99 Å². The van der Waals surface area contributed by atoms with Gasteiger partial charge in [0.25, 0.3) is 15.9 Å². The van der Waals surface area contributed by atoms with Gasteiger partial charge in [-0.15, -0.1) is 0 Å². The molecule has 4 aromatic rings. The van der Waals surface area contributed by atoms with Crippen LogP contribution in [0.1, 0.15) is 36.0 Å². The van der Waals surface area contributed by atoms with Crippen LogP contribution in [0.5, 0.6) is 0 Å². The summed E-state index contributed by atoms with van der Waals surface area (Å²) in [7, 11) is -7.73. The molecule has 43 heavy (non-hydrogen) atoms. The van der Waals surface area contributed by atoms with Crippen LogP contribution in [-0.2, 0) is 24.7 Å². The number of nitrogens with zero attached hydrogens (tertiary/aromatic N) is 3. The van der Waals surface area contributed by atoms with E-state index < -0.39 is 49.4 Å². The molecular weight excluding hydrogens is 594 g/mol. The molecule has 0 unspecified atom stereocenters. The quantitative estimate of drug-likeness (QED) is 0.238. The van der Waals surface area contributed by atoms with Gasteiger partial charge >= 0.3 is 0 Å². The number of Topliss-reactive ketones (excluding diaryl/α,β-unsaturated/α-hetero) is 1. The van der Waals surface area contributed by atoms with Crippen LogP contribution in [0.2, 0.25) is 0 Å². The standard InChI is InChI=1S/C29H27N5O7S2/c1-2-22(25(35)29-32-26(33-41-29)19-11-5-3-6-12-19)31-28(36)23(17-18-42(37,38)20-13-7-4-8-14-20)30-27-21-15-9-10-16-24(21)43(39,40)34-27/h3-16,22-23H,2,17-18H2,1H3,(H,30,34)(H,31,36)/t22-,23-/m0/s1. The molecule has 1 aliphatic heterocycles. The highest BCUT2D eigenvalue weighted by atomic mass is 32.2. The number of carbonyl (C=O) groups excluding carboxylic acids is 2. The predicted molar refractivity (Wildman–Crippen MR) is 156 cm³/mol. The first-order chi connectivity index (χ1) is 20.6. The zero-order valence-corrected chi connectivity index (χ0v) is 24.5. The van der Waals surface area contributed by atoms with E-state index in [-0.39, 0.29) is 45.7 Å². The van der Waals surface area contributed by atoms with Gasteiger partial charge in [-0.25, -0.2) is 16.8 Å². The molecule has 14 heteroatoms. The Morgan fingerprint density at radius 2 is 1.63 bits per heavy atom. The molecule has 1 aromatic heterocycles. The van der Waals surface area contributed by atoms with Gasteiger partial charge in [-0.05, 0) is 37.1 Å². The maximum absolute atomic E-state index is 13.6. The third-order valence-electron chi connectivity index (χ3n) is 6.72. The maximum Gasteiger partial charge on any atom is 0.296 e. The summed E-state index contributed by atoms with van der Waals surface area (Å²) in [5, 5.41) is 6.47. The van der Waals surface area contributed by atoms with Gasteiger partial charge in [0.2, 0.25) is 17.5 Å². The molecule has 0 bridgehead atoms. The average molecular weight is 622 g/mol.